The summed E-state index contributed by atoms with van der Waals surface area (Å²) in [5.74, 6) is -1.33. The Morgan fingerprint density at radius 3 is 2.44 bits per heavy atom. The number of benzene rings is 2. The van der Waals surface area contributed by atoms with Crippen LogP contribution in [-0.4, -0.2) is 49.0 Å². The van der Waals surface area contributed by atoms with Crippen LogP contribution in [0.5, 0.6) is 0 Å². The third-order valence-electron chi connectivity index (χ3n) is 7.13. The molecule has 1 aliphatic heterocycles. The first-order valence-electron chi connectivity index (χ1n) is 12.0. The third kappa shape index (κ3) is 5.14. The number of carbonyl (C=O) groups is 1. The lowest BCUT2D eigenvalue weighted by Crippen LogP contribution is -2.47. The van der Waals surface area contributed by atoms with E-state index in [0.29, 0.717) is 24.5 Å². The van der Waals surface area contributed by atoms with Gasteiger partial charge in [-0.2, -0.15) is 0 Å². The largest absolute Gasteiger partial charge is 0.476 e. The Labute approximate surface area is 200 Å². The van der Waals surface area contributed by atoms with Gasteiger partial charge in [-0.05, 0) is 61.8 Å². The van der Waals surface area contributed by atoms with Crippen molar-refractivity contribution in [3.63, 3.8) is 0 Å². The van der Waals surface area contributed by atoms with Crippen molar-refractivity contribution in [1.82, 2.24) is 10.6 Å². The van der Waals surface area contributed by atoms with Crippen LogP contribution in [0.3, 0.4) is 0 Å². The fraction of sp³-hybridized carbons (Fsp3) is 0.407. The van der Waals surface area contributed by atoms with Crippen molar-refractivity contribution in [3.8, 4) is 11.1 Å². The van der Waals surface area contributed by atoms with E-state index in [4.69, 9.17) is 0 Å². The summed E-state index contributed by atoms with van der Waals surface area (Å²) in [6, 6.07) is 17.5. The number of allylic oxidation sites excluding steroid dienone is 1. The van der Waals surface area contributed by atoms with Gasteiger partial charge < -0.3 is 20.6 Å². The van der Waals surface area contributed by atoms with Crippen LogP contribution in [-0.2, 0) is 4.79 Å². The number of hydrogen-bond acceptors (Lipinski definition) is 5. The predicted octanol–water partition coefficient (Wildman–Crippen LogP) is 4.66. The number of carboxylic acid groups (broad SMARTS) is 1. The molecule has 2 aliphatic rings. The average Bonchev–Trinajstić information content (AvgIpc) is 2.86. The minimum atomic E-state index is -1.33. The van der Waals surface area contributed by atoms with Gasteiger partial charge in [0.05, 0.1) is 0 Å². The van der Waals surface area contributed by atoms with Crippen LogP contribution in [0.2, 0.25) is 0 Å². The zero-order chi connectivity index (χ0) is 24.1. The second-order valence-corrected chi connectivity index (χ2v) is 9.13. The SMILES string of the molecule is CNC1=C(C(=NF)C(=O)O)CC(NC2CCN(c3cccc(-c4ccccc4)c3C)CC2)CC1. The summed E-state index contributed by atoms with van der Waals surface area (Å²) in [4.78, 5) is 13.9. The van der Waals surface area contributed by atoms with Gasteiger partial charge in [-0.15, -0.1) is 0 Å². The fourth-order valence-electron chi connectivity index (χ4n) is 5.33. The molecule has 7 heteroatoms. The fourth-order valence-corrected chi connectivity index (χ4v) is 5.33. The lowest BCUT2D eigenvalue weighted by molar-refractivity contribution is -0.129. The first-order valence-corrected chi connectivity index (χ1v) is 12.0. The van der Waals surface area contributed by atoms with Crippen LogP contribution < -0.4 is 15.5 Å². The van der Waals surface area contributed by atoms with Gasteiger partial charge >= 0.3 is 5.97 Å². The molecule has 2 aromatic rings. The second-order valence-electron chi connectivity index (χ2n) is 9.13. The van der Waals surface area contributed by atoms with Crippen molar-refractivity contribution in [2.45, 2.75) is 51.1 Å². The van der Waals surface area contributed by atoms with Crippen LogP contribution in [0.25, 0.3) is 11.1 Å². The molecule has 4 rings (SSSR count). The maximum atomic E-state index is 13.1. The van der Waals surface area contributed by atoms with E-state index < -0.39 is 11.7 Å². The molecule has 1 unspecified atom stereocenters. The molecule has 1 fully saturated rings. The Bertz CT molecular complexity index is 1080. The summed E-state index contributed by atoms with van der Waals surface area (Å²) in [5, 5.41) is 18.6. The monoisotopic (exact) mass is 464 g/mol. The normalized spacial score (nSPS) is 19.9. The molecule has 0 spiro atoms. The molecule has 180 valence electrons. The van der Waals surface area contributed by atoms with E-state index in [2.05, 4.69) is 70.1 Å². The van der Waals surface area contributed by atoms with E-state index in [9.17, 15) is 14.4 Å². The highest BCUT2D eigenvalue weighted by atomic mass is 19.2. The highest BCUT2D eigenvalue weighted by Gasteiger charge is 2.30. The Hall–Kier alpha value is -3.19. The van der Waals surface area contributed by atoms with Crippen LogP contribution in [0.1, 0.15) is 37.7 Å². The van der Waals surface area contributed by atoms with Crippen molar-refractivity contribution < 1.29 is 14.4 Å². The molecule has 0 amide bonds. The van der Waals surface area contributed by atoms with E-state index in [0.717, 1.165) is 38.0 Å². The van der Waals surface area contributed by atoms with Gasteiger partial charge in [-0.25, -0.2) is 4.79 Å². The minimum absolute atomic E-state index is 0.114. The molecule has 34 heavy (non-hydrogen) atoms. The molecule has 3 N–H and O–H groups in total. The summed E-state index contributed by atoms with van der Waals surface area (Å²) in [7, 11) is 1.74. The smallest absolute Gasteiger partial charge is 0.357 e. The Morgan fingerprint density at radius 2 is 1.79 bits per heavy atom. The van der Waals surface area contributed by atoms with Crippen LogP contribution in [0.4, 0.5) is 10.2 Å². The topological polar surface area (TPSA) is 77.0 Å². The molecular weight excluding hydrogens is 431 g/mol. The summed E-state index contributed by atoms with van der Waals surface area (Å²) < 4.78 is 13.1. The number of nitrogens with one attached hydrogen (secondary N) is 2. The highest BCUT2D eigenvalue weighted by Crippen LogP contribution is 2.32. The maximum Gasteiger partial charge on any atom is 0.357 e. The van der Waals surface area contributed by atoms with Crippen LogP contribution >= 0.6 is 0 Å². The lowest BCUT2D eigenvalue weighted by atomic mass is 9.88. The van der Waals surface area contributed by atoms with Gasteiger partial charge in [-0.1, -0.05) is 52.2 Å². The summed E-state index contributed by atoms with van der Waals surface area (Å²) in [6.45, 7) is 4.12. The second kappa shape index (κ2) is 10.8. The number of nitrogens with zero attached hydrogens (tertiary/aromatic N) is 2. The molecule has 0 bridgehead atoms. The Morgan fingerprint density at radius 1 is 1.06 bits per heavy atom. The lowest BCUT2D eigenvalue weighted by Gasteiger charge is -2.38. The molecular formula is C27H33FN4O2. The summed E-state index contributed by atoms with van der Waals surface area (Å²) in [6.07, 6.45) is 4.04. The number of halogens is 1. The van der Waals surface area contributed by atoms with Gasteiger partial charge in [0.15, 0.2) is 5.71 Å². The first-order chi connectivity index (χ1) is 16.5. The van der Waals surface area contributed by atoms with Crippen LogP contribution in [0.15, 0.2) is 65.0 Å². The molecule has 2 aromatic carbocycles. The summed E-state index contributed by atoms with van der Waals surface area (Å²) >= 11 is 0. The van der Waals surface area contributed by atoms with E-state index in [1.54, 1.807) is 7.05 Å². The summed E-state index contributed by atoms with van der Waals surface area (Å²) in [5.41, 5.74) is 5.83. The molecule has 0 radical (unpaired) electrons. The molecule has 0 saturated carbocycles. The molecule has 6 nitrogen and oxygen atoms in total. The van der Waals surface area contributed by atoms with Crippen LogP contribution in [0, 0.1) is 6.92 Å². The number of hydrogen-bond donors (Lipinski definition) is 3. The Balaban J connectivity index is 1.39. The third-order valence-corrected chi connectivity index (χ3v) is 7.13. The number of rotatable bonds is 7. The van der Waals surface area contributed by atoms with Crippen molar-refractivity contribution in [3.05, 3.63) is 65.4 Å². The highest BCUT2D eigenvalue weighted by molar-refractivity contribution is 6.42. The molecule has 1 heterocycles. The van der Waals surface area contributed by atoms with Gasteiger partial charge in [0.1, 0.15) is 0 Å². The van der Waals surface area contributed by atoms with Gasteiger partial charge in [0.2, 0.25) is 0 Å². The zero-order valence-corrected chi connectivity index (χ0v) is 19.9. The van der Waals surface area contributed by atoms with Crippen molar-refractivity contribution in [2.24, 2.45) is 5.21 Å². The van der Waals surface area contributed by atoms with Gasteiger partial charge in [0.25, 0.3) is 0 Å². The van der Waals surface area contributed by atoms with Gasteiger partial charge in [-0.3, -0.25) is 0 Å². The first kappa shape index (κ1) is 24.0. The molecule has 1 atom stereocenters. The van der Waals surface area contributed by atoms with Crippen molar-refractivity contribution >= 4 is 17.4 Å². The number of aliphatic carboxylic acids is 1. The minimum Gasteiger partial charge on any atom is -0.476 e. The number of carboxylic acids is 1. The standard InChI is InChI=1S/C27H33FN4O2/c1-18-22(19-7-4-3-5-8-19)9-6-10-25(18)32-15-13-20(14-16-32)30-21-11-12-24(29-2)23(17-21)26(31-28)27(33)34/h3-10,20-21,29-30H,11-17H2,1-2H3,(H,33,34). The van der Waals surface area contributed by atoms with Crippen molar-refractivity contribution in [2.75, 3.05) is 25.0 Å². The maximum absolute atomic E-state index is 13.1. The van der Waals surface area contributed by atoms with E-state index in [1.165, 1.54) is 22.4 Å². The Kier molecular flexibility index (Phi) is 7.63. The quantitative estimate of drug-likeness (QED) is 0.520. The van der Waals surface area contributed by atoms with E-state index >= 15 is 0 Å². The van der Waals surface area contributed by atoms with E-state index in [-0.39, 0.29) is 6.04 Å². The molecule has 1 aliphatic carbocycles. The number of anilines is 1. The predicted molar refractivity (Wildman–Crippen MR) is 135 cm³/mol. The molecule has 0 aromatic heterocycles. The van der Waals surface area contributed by atoms with E-state index in [1.807, 2.05) is 6.07 Å². The number of piperidine rings is 1. The average molecular weight is 465 g/mol. The van der Waals surface area contributed by atoms with Crippen molar-refractivity contribution in [1.29, 1.82) is 0 Å². The zero-order valence-electron chi connectivity index (χ0n) is 19.9. The van der Waals surface area contributed by atoms with Gasteiger partial charge in [0, 0.05) is 49.2 Å². The molecule has 1 saturated heterocycles.